The summed E-state index contributed by atoms with van der Waals surface area (Å²) in [7, 11) is 0. The van der Waals surface area contributed by atoms with E-state index in [1.165, 1.54) is 0 Å². The summed E-state index contributed by atoms with van der Waals surface area (Å²) in [5, 5.41) is 0.804. The van der Waals surface area contributed by atoms with Crippen molar-refractivity contribution in [2.24, 2.45) is 0 Å². The first-order valence-electron chi connectivity index (χ1n) is 4.70. The van der Waals surface area contributed by atoms with Crippen LogP contribution in [-0.4, -0.2) is 9.97 Å². The molecule has 1 saturated carbocycles. The van der Waals surface area contributed by atoms with Crippen LogP contribution in [0, 0.1) is 0 Å². The number of hydrogen-bond acceptors (Lipinski definition) is 4. The van der Waals surface area contributed by atoms with Gasteiger partial charge in [0.2, 0.25) is 5.71 Å². The lowest BCUT2D eigenvalue weighted by atomic mass is 10.1. The zero-order chi connectivity index (χ0) is 9.76. The molecule has 0 saturated heterocycles. The average Bonchev–Trinajstić information content (AvgIpc) is 2.75. The fourth-order valence-electron chi connectivity index (χ4n) is 1.56. The lowest BCUT2D eigenvalue weighted by Crippen LogP contribution is -2.08. The van der Waals surface area contributed by atoms with E-state index in [-0.39, 0.29) is 5.41 Å². The Bertz CT molecular complexity index is 499. The third-order valence-electron chi connectivity index (χ3n) is 2.89. The molecule has 0 amide bonds. The second kappa shape index (κ2) is 2.26. The molecule has 0 radical (unpaired) electrons. The Labute approximate surface area is 81.1 Å². The maximum Gasteiger partial charge on any atom is 0.231 e. The molecule has 72 valence electrons. The normalized spacial score (nSPS) is 18.6. The predicted molar refractivity (Wildman–Crippen MR) is 52.8 cm³/mol. The Morgan fingerprint density at radius 3 is 2.93 bits per heavy atom. The van der Waals surface area contributed by atoms with E-state index in [1.807, 2.05) is 0 Å². The van der Waals surface area contributed by atoms with Gasteiger partial charge in [-0.15, -0.1) is 0 Å². The lowest BCUT2D eigenvalue weighted by Gasteiger charge is -2.06. The molecule has 1 aliphatic rings. The van der Waals surface area contributed by atoms with Crippen molar-refractivity contribution in [2.75, 3.05) is 5.73 Å². The van der Waals surface area contributed by atoms with Gasteiger partial charge < -0.3 is 10.2 Å². The summed E-state index contributed by atoms with van der Waals surface area (Å²) in [5.74, 6) is 1.34. The van der Waals surface area contributed by atoms with Gasteiger partial charge in [0.05, 0.1) is 11.6 Å². The molecule has 1 fully saturated rings. The second-order valence-corrected chi connectivity index (χ2v) is 4.13. The smallest absolute Gasteiger partial charge is 0.231 e. The third-order valence-corrected chi connectivity index (χ3v) is 2.89. The van der Waals surface area contributed by atoms with Crippen molar-refractivity contribution in [2.45, 2.75) is 25.2 Å². The van der Waals surface area contributed by atoms with Crippen molar-refractivity contribution in [3.05, 3.63) is 18.2 Å². The van der Waals surface area contributed by atoms with Crippen LogP contribution in [0.15, 0.2) is 16.7 Å². The van der Waals surface area contributed by atoms with Gasteiger partial charge in [-0.3, -0.25) is 0 Å². The Balaban J connectivity index is 2.27. The Hall–Kier alpha value is -1.58. The first-order valence-corrected chi connectivity index (χ1v) is 4.70. The molecule has 4 heteroatoms. The highest BCUT2D eigenvalue weighted by Crippen LogP contribution is 2.46. The maximum absolute atomic E-state index is 5.81. The summed E-state index contributed by atoms with van der Waals surface area (Å²) < 4.78 is 5.23. The van der Waals surface area contributed by atoms with Crippen LogP contribution >= 0.6 is 0 Å². The van der Waals surface area contributed by atoms with Crippen LogP contribution in [0.5, 0.6) is 0 Å². The van der Waals surface area contributed by atoms with Crippen molar-refractivity contribution >= 4 is 16.9 Å². The van der Waals surface area contributed by atoms with Gasteiger partial charge in [-0.1, -0.05) is 6.92 Å². The summed E-state index contributed by atoms with van der Waals surface area (Å²) in [6.07, 6.45) is 3.87. The van der Waals surface area contributed by atoms with E-state index in [1.54, 1.807) is 12.3 Å². The number of nitrogens with zero attached hydrogens (tertiary/aromatic N) is 2. The molecule has 0 spiro atoms. The molecule has 4 nitrogen and oxygen atoms in total. The van der Waals surface area contributed by atoms with Crippen molar-refractivity contribution in [1.29, 1.82) is 0 Å². The third kappa shape index (κ3) is 0.937. The Morgan fingerprint density at radius 2 is 2.21 bits per heavy atom. The molecule has 0 atom stereocenters. The van der Waals surface area contributed by atoms with Crippen molar-refractivity contribution in [1.82, 2.24) is 9.97 Å². The summed E-state index contributed by atoms with van der Waals surface area (Å²) in [5.41, 5.74) is 6.55. The van der Waals surface area contributed by atoms with Crippen LogP contribution in [0.1, 0.15) is 25.6 Å². The predicted octanol–water partition coefficient (Wildman–Crippen LogP) is 1.86. The number of nitrogens with two attached hydrogens (primary N) is 1. The zero-order valence-electron chi connectivity index (χ0n) is 7.95. The van der Waals surface area contributed by atoms with Crippen molar-refractivity contribution in [3.8, 4) is 0 Å². The molecule has 0 bridgehead atoms. The standard InChI is InChI=1S/C10H11N3O/c1-10(3-4-10)9-12-7(11)6-2-5-14-8(6)13-9/h2,5H,3-4H2,1H3,(H2,11,12,13). The molecule has 14 heavy (non-hydrogen) atoms. The zero-order valence-corrected chi connectivity index (χ0v) is 7.95. The molecular formula is C10H11N3O. The molecular weight excluding hydrogens is 178 g/mol. The Morgan fingerprint density at radius 1 is 1.43 bits per heavy atom. The molecule has 3 rings (SSSR count). The SMILES string of the molecule is CC1(c2nc(N)c3ccoc3n2)CC1. The molecule has 2 N–H and O–H groups in total. The minimum atomic E-state index is 0.134. The van der Waals surface area contributed by atoms with Crippen molar-refractivity contribution in [3.63, 3.8) is 0 Å². The Kier molecular flexibility index (Phi) is 1.26. The number of rotatable bonds is 1. The highest BCUT2D eigenvalue weighted by atomic mass is 16.3. The van der Waals surface area contributed by atoms with Crippen LogP contribution < -0.4 is 5.73 Å². The van der Waals surface area contributed by atoms with E-state index in [0.717, 1.165) is 24.1 Å². The summed E-state index contributed by atoms with van der Waals surface area (Å²) in [4.78, 5) is 8.69. The number of hydrogen-bond donors (Lipinski definition) is 1. The fraction of sp³-hybridized carbons (Fsp3) is 0.400. The highest BCUT2D eigenvalue weighted by Gasteiger charge is 2.42. The van der Waals surface area contributed by atoms with Gasteiger partial charge >= 0.3 is 0 Å². The number of anilines is 1. The summed E-state index contributed by atoms with van der Waals surface area (Å²) in [6.45, 7) is 2.15. The number of aromatic nitrogens is 2. The molecule has 2 aromatic heterocycles. The monoisotopic (exact) mass is 189 g/mol. The van der Waals surface area contributed by atoms with E-state index >= 15 is 0 Å². The van der Waals surface area contributed by atoms with E-state index in [9.17, 15) is 0 Å². The molecule has 1 aliphatic carbocycles. The molecule has 0 unspecified atom stereocenters. The number of fused-ring (bicyclic) bond motifs is 1. The van der Waals surface area contributed by atoms with E-state index in [0.29, 0.717) is 11.5 Å². The van der Waals surface area contributed by atoms with Crippen LogP contribution in [0.3, 0.4) is 0 Å². The lowest BCUT2D eigenvalue weighted by molar-refractivity contribution is 0.593. The summed E-state index contributed by atoms with van der Waals surface area (Å²) in [6, 6.07) is 1.80. The molecule has 0 aliphatic heterocycles. The van der Waals surface area contributed by atoms with Gasteiger partial charge in [-0.25, -0.2) is 4.98 Å². The van der Waals surface area contributed by atoms with Gasteiger partial charge in [0, 0.05) is 5.41 Å². The van der Waals surface area contributed by atoms with E-state index in [2.05, 4.69) is 16.9 Å². The summed E-state index contributed by atoms with van der Waals surface area (Å²) >= 11 is 0. The largest absolute Gasteiger partial charge is 0.446 e. The van der Waals surface area contributed by atoms with Crippen LogP contribution in [0.2, 0.25) is 0 Å². The van der Waals surface area contributed by atoms with E-state index in [4.69, 9.17) is 10.2 Å². The van der Waals surface area contributed by atoms with Gasteiger partial charge in [0.25, 0.3) is 0 Å². The van der Waals surface area contributed by atoms with Gasteiger partial charge in [0.1, 0.15) is 11.6 Å². The first-order chi connectivity index (χ1) is 6.69. The van der Waals surface area contributed by atoms with Crippen LogP contribution in [0.25, 0.3) is 11.1 Å². The molecule has 2 heterocycles. The quantitative estimate of drug-likeness (QED) is 0.743. The van der Waals surface area contributed by atoms with Crippen molar-refractivity contribution < 1.29 is 4.42 Å². The van der Waals surface area contributed by atoms with Gasteiger partial charge in [-0.2, -0.15) is 4.98 Å². The fourth-order valence-corrected chi connectivity index (χ4v) is 1.56. The first kappa shape index (κ1) is 7.79. The number of furan rings is 1. The van der Waals surface area contributed by atoms with Crippen LogP contribution in [-0.2, 0) is 5.41 Å². The van der Waals surface area contributed by atoms with Crippen LogP contribution in [0.4, 0.5) is 5.82 Å². The minimum Gasteiger partial charge on any atom is -0.446 e. The second-order valence-electron chi connectivity index (χ2n) is 4.13. The average molecular weight is 189 g/mol. The van der Waals surface area contributed by atoms with Gasteiger partial charge in [0.15, 0.2) is 0 Å². The highest BCUT2D eigenvalue weighted by molar-refractivity contribution is 5.84. The maximum atomic E-state index is 5.81. The number of nitrogen functional groups attached to an aromatic ring is 1. The minimum absolute atomic E-state index is 0.134. The van der Waals surface area contributed by atoms with Gasteiger partial charge in [-0.05, 0) is 18.9 Å². The molecule has 0 aromatic carbocycles. The van der Waals surface area contributed by atoms with E-state index < -0.39 is 0 Å². The topological polar surface area (TPSA) is 64.9 Å². The molecule has 2 aromatic rings.